The summed E-state index contributed by atoms with van der Waals surface area (Å²) in [4.78, 5) is 38.8. The van der Waals surface area contributed by atoms with E-state index in [9.17, 15) is 14.4 Å². The van der Waals surface area contributed by atoms with Crippen LogP contribution in [0.25, 0.3) is 0 Å². The molecule has 8 heteroatoms. The molecule has 8 nitrogen and oxygen atoms in total. The molecule has 0 bridgehead atoms. The molecule has 2 aromatic rings. The molecule has 0 aliphatic carbocycles. The number of piperidine rings is 1. The summed E-state index contributed by atoms with van der Waals surface area (Å²) in [5, 5.41) is 2.83. The first-order valence-corrected chi connectivity index (χ1v) is 10.0. The minimum atomic E-state index is -0.416. The fourth-order valence-electron chi connectivity index (χ4n) is 3.26. The van der Waals surface area contributed by atoms with Gasteiger partial charge in [0.15, 0.2) is 0 Å². The van der Waals surface area contributed by atoms with Crippen molar-refractivity contribution in [3.63, 3.8) is 0 Å². The van der Waals surface area contributed by atoms with Crippen molar-refractivity contribution in [1.29, 1.82) is 0 Å². The van der Waals surface area contributed by atoms with Gasteiger partial charge in [0.25, 0.3) is 5.91 Å². The third-order valence-electron chi connectivity index (χ3n) is 4.83. The second-order valence-corrected chi connectivity index (χ2v) is 6.98. The molecule has 4 amide bonds. The molecule has 0 unspecified atom stereocenters. The van der Waals surface area contributed by atoms with Gasteiger partial charge < -0.3 is 15.0 Å². The van der Waals surface area contributed by atoms with Gasteiger partial charge in [-0.25, -0.2) is 4.79 Å². The van der Waals surface area contributed by atoms with Crippen LogP contribution < -0.4 is 20.9 Å². The lowest BCUT2D eigenvalue weighted by Crippen LogP contribution is -2.50. The number of nitrogens with one attached hydrogen (secondary N) is 3. The van der Waals surface area contributed by atoms with E-state index in [4.69, 9.17) is 4.74 Å². The highest BCUT2D eigenvalue weighted by atomic mass is 16.5. The normalized spacial score (nSPS) is 15.8. The van der Waals surface area contributed by atoms with E-state index in [-0.39, 0.29) is 17.9 Å². The molecular weight excluding hydrogens is 384 g/mol. The number of benzene rings is 2. The average Bonchev–Trinajstić information content (AvgIpc) is 2.78. The SMILES string of the molecule is CCOc1ccc(C(=O)NNC(=O)[C@H]2CCCN(C(=O)Nc3ccccc3)C2)cc1. The summed E-state index contributed by atoms with van der Waals surface area (Å²) < 4.78 is 5.35. The number of hydrogen-bond donors (Lipinski definition) is 3. The standard InChI is InChI=1S/C22H26N4O4/c1-2-30-19-12-10-16(11-13-19)20(27)24-25-21(28)17-7-6-14-26(15-17)22(29)23-18-8-4-3-5-9-18/h3-5,8-13,17H,2,6-7,14-15H2,1H3,(H,23,29)(H,24,27)(H,25,28)/t17-/m0/s1. The molecule has 1 aliphatic rings. The largest absolute Gasteiger partial charge is 0.494 e. The van der Waals surface area contributed by atoms with Crippen molar-refractivity contribution in [2.24, 2.45) is 5.92 Å². The molecular formula is C22H26N4O4. The van der Waals surface area contributed by atoms with Crippen LogP contribution in [0.1, 0.15) is 30.1 Å². The Bertz CT molecular complexity index is 870. The summed E-state index contributed by atoms with van der Waals surface area (Å²) in [5.74, 6) is -0.442. The van der Waals surface area contributed by atoms with Crippen LogP contribution in [-0.2, 0) is 4.79 Å². The molecule has 0 radical (unpaired) electrons. The Morgan fingerprint density at radius 3 is 2.47 bits per heavy atom. The molecule has 2 aromatic carbocycles. The smallest absolute Gasteiger partial charge is 0.321 e. The van der Waals surface area contributed by atoms with Gasteiger partial charge in [0.1, 0.15) is 5.75 Å². The zero-order chi connectivity index (χ0) is 21.3. The number of amides is 4. The Morgan fingerprint density at radius 2 is 1.77 bits per heavy atom. The number of rotatable bonds is 5. The fraction of sp³-hybridized carbons (Fsp3) is 0.318. The Labute approximate surface area is 175 Å². The van der Waals surface area contributed by atoms with Crippen molar-refractivity contribution in [3.05, 3.63) is 60.2 Å². The fourth-order valence-corrected chi connectivity index (χ4v) is 3.26. The summed E-state index contributed by atoms with van der Waals surface area (Å²) in [6, 6.07) is 15.6. The van der Waals surface area contributed by atoms with Crippen molar-refractivity contribution in [2.75, 3.05) is 25.0 Å². The predicted octanol–water partition coefficient (Wildman–Crippen LogP) is 2.79. The van der Waals surface area contributed by atoms with Crippen LogP contribution in [0, 0.1) is 5.92 Å². The highest BCUT2D eigenvalue weighted by molar-refractivity contribution is 5.96. The maximum absolute atomic E-state index is 12.5. The molecule has 158 valence electrons. The van der Waals surface area contributed by atoms with E-state index in [1.165, 1.54) is 0 Å². The number of likely N-dealkylation sites (tertiary alicyclic amines) is 1. The summed E-state index contributed by atoms with van der Waals surface area (Å²) in [5.41, 5.74) is 6.02. The van der Waals surface area contributed by atoms with Gasteiger partial charge in [-0.15, -0.1) is 0 Å². The second kappa shape index (κ2) is 10.3. The zero-order valence-electron chi connectivity index (χ0n) is 16.9. The van der Waals surface area contributed by atoms with Crippen molar-refractivity contribution < 1.29 is 19.1 Å². The first-order valence-electron chi connectivity index (χ1n) is 10.0. The number of carbonyl (C=O) groups excluding carboxylic acids is 3. The quantitative estimate of drug-likeness (QED) is 0.660. The first-order chi connectivity index (χ1) is 14.6. The van der Waals surface area contributed by atoms with E-state index < -0.39 is 5.91 Å². The third kappa shape index (κ3) is 5.73. The van der Waals surface area contributed by atoms with E-state index in [0.29, 0.717) is 49.5 Å². The number of urea groups is 1. The third-order valence-corrected chi connectivity index (χ3v) is 4.83. The topological polar surface area (TPSA) is 99.8 Å². The summed E-state index contributed by atoms with van der Waals surface area (Å²) in [6.45, 7) is 3.31. The molecule has 1 heterocycles. The minimum Gasteiger partial charge on any atom is -0.494 e. The zero-order valence-corrected chi connectivity index (χ0v) is 16.9. The van der Waals surface area contributed by atoms with Crippen LogP contribution in [0.5, 0.6) is 5.75 Å². The summed E-state index contributed by atoms with van der Waals surface area (Å²) >= 11 is 0. The van der Waals surface area contributed by atoms with Gasteiger partial charge in [-0.05, 0) is 56.2 Å². The number of para-hydroxylation sites is 1. The molecule has 30 heavy (non-hydrogen) atoms. The predicted molar refractivity (Wildman–Crippen MR) is 113 cm³/mol. The second-order valence-electron chi connectivity index (χ2n) is 6.98. The number of hydrogen-bond acceptors (Lipinski definition) is 4. The molecule has 1 saturated heterocycles. The number of carbonyl (C=O) groups is 3. The van der Waals surface area contributed by atoms with Crippen molar-refractivity contribution in [3.8, 4) is 5.75 Å². The minimum absolute atomic E-state index is 0.239. The van der Waals surface area contributed by atoms with Crippen molar-refractivity contribution >= 4 is 23.5 Å². The molecule has 1 atom stereocenters. The van der Waals surface area contributed by atoms with Crippen LogP contribution in [0.3, 0.4) is 0 Å². The van der Waals surface area contributed by atoms with Gasteiger partial charge in [-0.1, -0.05) is 18.2 Å². The number of anilines is 1. The van der Waals surface area contributed by atoms with Gasteiger partial charge in [-0.2, -0.15) is 0 Å². The number of ether oxygens (including phenoxy) is 1. The van der Waals surface area contributed by atoms with Crippen LogP contribution in [0.4, 0.5) is 10.5 Å². The van der Waals surface area contributed by atoms with Gasteiger partial charge in [0.2, 0.25) is 5.91 Å². The molecule has 1 aliphatic heterocycles. The average molecular weight is 410 g/mol. The van der Waals surface area contributed by atoms with Crippen LogP contribution in [0.2, 0.25) is 0 Å². The monoisotopic (exact) mass is 410 g/mol. The van der Waals surface area contributed by atoms with Crippen LogP contribution >= 0.6 is 0 Å². The van der Waals surface area contributed by atoms with Crippen LogP contribution in [0.15, 0.2) is 54.6 Å². The van der Waals surface area contributed by atoms with E-state index in [1.54, 1.807) is 29.2 Å². The molecule has 0 spiro atoms. The van der Waals surface area contributed by atoms with Gasteiger partial charge >= 0.3 is 6.03 Å². The Hall–Kier alpha value is -3.55. The lowest BCUT2D eigenvalue weighted by molar-refractivity contribution is -0.127. The van der Waals surface area contributed by atoms with Crippen molar-refractivity contribution in [2.45, 2.75) is 19.8 Å². The first kappa shape index (κ1) is 21.2. The van der Waals surface area contributed by atoms with Crippen LogP contribution in [-0.4, -0.2) is 42.4 Å². The maximum Gasteiger partial charge on any atom is 0.321 e. The molecule has 0 saturated carbocycles. The molecule has 3 rings (SSSR count). The van der Waals surface area contributed by atoms with Gasteiger partial charge in [0.05, 0.1) is 12.5 Å². The number of nitrogens with zero attached hydrogens (tertiary/aromatic N) is 1. The van der Waals surface area contributed by atoms with Crippen molar-refractivity contribution in [1.82, 2.24) is 15.8 Å². The van der Waals surface area contributed by atoms with Gasteiger partial charge in [-0.3, -0.25) is 20.4 Å². The lowest BCUT2D eigenvalue weighted by atomic mass is 9.98. The van der Waals surface area contributed by atoms with E-state index in [2.05, 4.69) is 16.2 Å². The maximum atomic E-state index is 12.5. The Morgan fingerprint density at radius 1 is 1.03 bits per heavy atom. The lowest BCUT2D eigenvalue weighted by Gasteiger charge is -2.32. The Kier molecular flexibility index (Phi) is 7.26. The highest BCUT2D eigenvalue weighted by Crippen LogP contribution is 2.18. The van der Waals surface area contributed by atoms with E-state index in [0.717, 1.165) is 0 Å². The molecule has 3 N–H and O–H groups in total. The van der Waals surface area contributed by atoms with E-state index in [1.807, 2.05) is 37.3 Å². The Balaban J connectivity index is 1.48. The summed E-state index contributed by atoms with van der Waals surface area (Å²) in [7, 11) is 0. The summed E-state index contributed by atoms with van der Waals surface area (Å²) in [6.07, 6.45) is 1.37. The number of hydrazine groups is 1. The van der Waals surface area contributed by atoms with E-state index >= 15 is 0 Å². The molecule has 1 fully saturated rings. The van der Waals surface area contributed by atoms with Gasteiger partial charge in [0, 0.05) is 24.3 Å². The highest BCUT2D eigenvalue weighted by Gasteiger charge is 2.28. The molecule has 0 aromatic heterocycles.